The lowest BCUT2D eigenvalue weighted by molar-refractivity contribution is 0.117. The highest BCUT2D eigenvalue weighted by Gasteiger charge is 2.53. The smallest absolute Gasteiger partial charge is 0.0941 e. The van der Waals surface area contributed by atoms with E-state index in [1.54, 1.807) is 0 Å². The van der Waals surface area contributed by atoms with Gasteiger partial charge < -0.3 is 4.74 Å². The summed E-state index contributed by atoms with van der Waals surface area (Å²) in [4.78, 5) is 0. The Morgan fingerprint density at radius 1 is 1.45 bits per heavy atom. The summed E-state index contributed by atoms with van der Waals surface area (Å²) in [5.74, 6) is 0. The van der Waals surface area contributed by atoms with Crippen LogP contribution in [-0.2, 0) is 4.74 Å². The number of epoxide rings is 1. The fraction of sp³-hybridized carbons (Fsp3) is 1.00. The molecule has 66 valence electrons. The highest BCUT2D eigenvalue weighted by atomic mass is 16.6. The molecule has 0 spiro atoms. The van der Waals surface area contributed by atoms with Crippen LogP contribution >= 0.6 is 0 Å². The molecule has 1 saturated heterocycles. The molecule has 0 N–H and O–H groups in total. The molecule has 2 unspecified atom stereocenters. The van der Waals surface area contributed by atoms with E-state index >= 15 is 0 Å². The summed E-state index contributed by atoms with van der Waals surface area (Å²) in [6, 6.07) is 0. The Hall–Kier alpha value is -0.0400. The molecule has 1 fully saturated rings. The number of hydrogen-bond donors (Lipinski definition) is 0. The van der Waals surface area contributed by atoms with Gasteiger partial charge in [0, 0.05) is 0 Å². The molecule has 2 atom stereocenters. The molecule has 0 saturated carbocycles. The minimum Gasteiger partial charge on any atom is -0.369 e. The summed E-state index contributed by atoms with van der Waals surface area (Å²) in [6.45, 7) is 10.1. The molecular formula is C10H20O. The molecular weight excluding hydrogens is 136 g/mol. The molecule has 1 heterocycles. The molecule has 0 aliphatic carbocycles. The molecule has 1 aliphatic heterocycles. The molecule has 0 aromatic rings. The first-order valence-corrected chi connectivity index (χ1v) is 4.72. The normalized spacial score (nSPS) is 34.9. The zero-order valence-electron chi connectivity index (χ0n) is 8.24. The van der Waals surface area contributed by atoms with Gasteiger partial charge in [0.1, 0.15) is 0 Å². The van der Waals surface area contributed by atoms with E-state index in [2.05, 4.69) is 27.7 Å². The van der Waals surface area contributed by atoms with Crippen molar-refractivity contribution in [3.8, 4) is 0 Å². The number of ether oxygens (including phenoxy) is 1. The van der Waals surface area contributed by atoms with Crippen LogP contribution in [-0.4, -0.2) is 12.2 Å². The Balaban J connectivity index is 2.59. The van der Waals surface area contributed by atoms with Gasteiger partial charge in [-0.1, -0.05) is 27.2 Å². The summed E-state index contributed by atoms with van der Waals surface area (Å²) in [5.41, 5.74) is 0.625. The SMILES string of the molecule is CCCC(C)(CC)C1(C)CO1. The summed E-state index contributed by atoms with van der Waals surface area (Å²) in [7, 11) is 0. The van der Waals surface area contributed by atoms with E-state index in [9.17, 15) is 0 Å². The molecule has 0 aromatic carbocycles. The van der Waals surface area contributed by atoms with Crippen LogP contribution < -0.4 is 0 Å². The van der Waals surface area contributed by atoms with Crippen molar-refractivity contribution >= 4 is 0 Å². The molecule has 1 nitrogen and oxygen atoms in total. The lowest BCUT2D eigenvalue weighted by Gasteiger charge is -2.32. The first-order valence-electron chi connectivity index (χ1n) is 4.72. The second kappa shape index (κ2) is 2.78. The van der Waals surface area contributed by atoms with Gasteiger partial charge in [-0.2, -0.15) is 0 Å². The van der Waals surface area contributed by atoms with Crippen molar-refractivity contribution in [3.63, 3.8) is 0 Å². The van der Waals surface area contributed by atoms with Crippen LogP contribution in [0.15, 0.2) is 0 Å². The highest BCUT2D eigenvalue weighted by molar-refractivity contribution is 5.01. The van der Waals surface area contributed by atoms with Crippen molar-refractivity contribution in [2.75, 3.05) is 6.61 Å². The van der Waals surface area contributed by atoms with Gasteiger partial charge in [0.15, 0.2) is 0 Å². The van der Waals surface area contributed by atoms with Crippen LogP contribution in [0.4, 0.5) is 0 Å². The van der Waals surface area contributed by atoms with Gasteiger partial charge in [-0.05, 0) is 25.2 Å². The third-order valence-corrected chi connectivity index (χ3v) is 3.44. The molecule has 0 bridgehead atoms. The minimum atomic E-state index is 0.206. The van der Waals surface area contributed by atoms with E-state index in [-0.39, 0.29) is 5.60 Å². The molecule has 0 aromatic heterocycles. The number of hydrogen-bond acceptors (Lipinski definition) is 1. The molecule has 0 radical (unpaired) electrons. The fourth-order valence-electron chi connectivity index (χ4n) is 1.82. The highest BCUT2D eigenvalue weighted by Crippen LogP contribution is 2.49. The fourth-order valence-corrected chi connectivity index (χ4v) is 1.82. The standard InChI is InChI=1S/C10H20O/c1-5-7-9(3,6-2)10(4)8-11-10/h5-8H2,1-4H3. The zero-order valence-corrected chi connectivity index (χ0v) is 8.24. The average molecular weight is 156 g/mol. The summed E-state index contributed by atoms with van der Waals surface area (Å²) in [6.07, 6.45) is 3.79. The van der Waals surface area contributed by atoms with E-state index in [1.165, 1.54) is 19.3 Å². The Bertz CT molecular complexity index is 138. The van der Waals surface area contributed by atoms with E-state index in [4.69, 9.17) is 4.74 Å². The molecule has 1 rings (SSSR count). The van der Waals surface area contributed by atoms with Gasteiger partial charge in [-0.25, -0.2) is 0 Å². The van der Waals surface area contributed by atoms with E-state index in [1.807, 2.05) is 0 Å². The van der Waals surface area contributed by atoms with E-state index in [0.717, 1.165) is 6.61 Å². The Labute approximate surface area is 70.1 Å². The van der Waals surface area contributed by atoms with Crippen LogP contribution in [0.2, 0.25) is 0 Å². The largest absolute Gasteiger partial charge is 0.369 e. The first-order chi connectivity index (χ1) is 5.08. The third kappa shape index (κ3) is 1.44. The quantitative estimate of drug-likeness (QED) is 0.570. The summed E-state index contributed by atoms with van der Waals surface area (Å²) in [5, 5.41) is 0. The second-order valence-corrected chi connectivity index (χ2v) is 4.18. The Kier molecular flexibility index (Phi) is 2.29. The van der Waals surface area contributed by atoms with Crippen LogP contribution in [0.1, 0.15) is 47.0 Å². The summed E-state index contributed by atoms with van der Waals surface area (Å²) >= 11 is 0. The summed E-state index contributed by atoms with van der Waals surface area (Å²) < 4.78 is 5.50. The van der Waals surface area contributed by atoms with E-state index < -0.39 is 0 Å². The number of rotatable bonds is 4. The van der Waals surface area contributed by atoms with Gasteiger partial charge in [0.05, 0.1) is 12.2 Å². The van der Waals surface area contributed by atoms with Gasteiger partial charge in [-0.15, -0.1) is 0 Å². The zero-order chi connectivity index (χ0) is 8.54. The minimum absolute atomic E-state index is 0.206. The van der Waals surface area contributed by atoms with Crippen molar-refractivity contribution in [2.45, 2.75) is 52.6 Å². The lowest BCUT2D eigenvalue weighted by atomic mass is 9.73. The predicted molar refractivity (Wildman–Crippen MR) is 47.7 cm³/mol. The van der Waals surface area contributed by atoms with Crippen LogP contribution in [0, 0.1) is 5.41 Å². The predicted octanol–water partition coefficient (Wildman–Crippen LogP) is 2.99. The van der Waals surface area contributed by atoms with Crippen molar-refractivity contribution in [1.29, 1.82) is 0 Å². The second-order valence-electron chi connectivity index (χ2n) is 4.18. The molecule has 1 aliphatic rings. The first kappa shape index (κ1) is 9.05. The third-order valence-electron chi connectivity index (χ3n) is 3.44. The van der Waals surface area contributed by atoms with Crippen molar-refractivity contribution < 1.29 is 4.74 Å². The van der Waals surface area contributed by atoms with Gasteiger partial charge in [0.25, 0.3) is 0 Å². The maximum Gasteiger partial charge on any atom is 0.0941 e. The molecule has 11 heavy (non-hydrogen) atoms. The van der Waals surface area contributed by atoms with Gasteiger partial charge in [0.2, 0.25) is 0 Å². The van der Waals surface area contributed by atoms with Gasteiger partial charge in [-0.3, -0.25) is 0 Å². The average Bonchev–Trinajstić information content (AvgIpc) is 2.70. The molecule has 1 heteroatoms. The van der Waals surface area contributed by atoms with Gasteiger partial charge >= 0.3 is 0 Å². The maximum absolute atomic E-state index is 5.50. The Morgan fingerprint density at radius 2 is 2.00 bits per heavy atom. The molecule has 0 amide bonds. The van der Waals surface area contributed by atoms with Crippen molar-refractivity contribution in [1.82, 2.24) is 0 Å². The van der Waals surface area contributed by atoms with Crippen molar-refractivity contribution in [3.05, 3.63) is 0 Å². The topological polar surface area (TPSA) is 12.5 Å². The van der Waals surface area contributed by atoms with Crippen LogP contribution in [0.25, 0.3) is 0 Å². The Morgan fingerprint density at radius 3 is 2.27 bits per heavy atom. The lowest BCUT2D eigenvalue weighted by Crippen LogP contribution is -2.32. The van der Waals surface area contributed by atoms with E-state index in [0.29, 0.717) is 5.41 Å². The maximum atomic E-state index is 5.50. The monoisotopic (exact) mass is 156 g/mol. The van der Waals surface area contributed by atoms with Crippen molar-refractivity contribution in [2.24, 2.45) is 5.41 Å². The van der Waals surface area contributed by atoms with Crippen LogP contribution in [0.3, 0.4) is 0 Å². The van der Waals surface area contributed by atoms with Crippen LogP contribution in [0.5, 0.6) is 0 Å².